The highest BCUT2D eigenvalue weighted by Crippen LogP contribution is 2.22. The topological polar surface area (TPSA) is 43.1 Å². The lowest BCUT2D eigenvalue weighted by molar-refractivity contribution is 0.754. The van der Waals surface area contributed by atoms with E-state index in [1.54, 1.807) is 11.3 Å². The number of pyridine rings is 1. The summed E-state index contributed by atoms with van der Waals surface area (Å²) in [4.78, 5) is 8.80. The van der Waals surface area contributed by atoms with Crippen molar-refractivity contribution < 1.29 is 0 Å². The summed E-state index contributed by atoms with van der Waals surface area (Å²) in [5, 5.41) is 8.96. The van der Waals surface area contributed by atoms with Crippen LogP contribution < -0.4 is 0 Å². The van der Waals surface area contributed by atoms with Crippen LogP contribution in [-0.2, 0) is 12.8 Å². The Labute approximate surface area is 138 Å². The summed E-state index contributed by atoms with van der Waals surface area (Å²) >= 11 is 1.69. The van der Waals surface area contributed by atoms with E-state index in [1.807, 2.05) is 35.1 Å². The first-order valence-electron chi connectivity index (χ1n) is 7.66. The highest BCUT2D eigenvalue weighted by atomic mass is 32.1. The van der Waals surface area contributed by atoms with Gasteiger partial charge < -0.3 is 0 Å². The second-order valence-corrected chi connectivity index (χ2v) is 6.20. The molecule has 4 aromatic rings. The van der Waals surface area contributed by atoms with Crippen LogP contribution in [0.25, 0.3) is 16.9 Å². The van der Waals surface area contributed by atoms with Crippen LogP contribution in [0.15, 0.2) is 59.6 Å². The first kappa shape index (κ1) is 14.1. The number of aryl methyl sites for hydroxylation is 2. The molecule has 0 unspecified atom stereocenters. The average molecular weight is 320 g/mol. The van der Waals surface area contributed by atoms with Crippen molar-refractivity contribution in [1.82, 2.24) is 19.6 Å². The van der Waals surface area contributed by atoms with Gasteiger partial charge in [0.25, 0.3) is 0 Å². The number of fused-ring (bicyclic) bond motifs is 1. The van der Waals surface area contributed by atoms with Gasteiger partial charge in [-0.1, -0.05) is 6.07 Å². The zero-order chi connectivity index (χ0) is 15.5. The lowest BCUT2D eigenvalue weighted by Gasteiger charge is -2.04. The van der Waals surface area contributed by atoms with E-state index < -0.39 is 0 Å². The van der Waals surface area contributed by atoms with Gasteiger partial charge in [-0.2, -0.15) is 16.4 Å². The van der Waals surface area contributed by atoms with Crippen LogP contribution >= 0.6 is 11.3 Å². The van der Waals surface area contributed by atoms with Gasteiger partial charge in [0, 0.05) is 22.8 Å². The lowest BCUT2D eigenvalue weighted by atomic mass is 10.1. The van der Waals surface area contributed by atoms with E-state index in [1.165, 1.54) is 5.56 Å². The maximum Gasteiger partial charge on any atom is 0.154 e. The summed E-state index contributed by atoms with van der Waals surface area (Å²) in [5.74, 6) is 0. The molecule has 4 nitrogen and oxygen atoms in total. The van der Waals surface area contributed by atoms with Gasteiger partial charge in [-0.3, -0.25) is 4.98 Å². The zero-order valence-corrected chi connectivity index (χ0v) is 13.4. The Hall–Kier alpha value is -2.53. The minimum atomic E-state index is 0.889. The minimum absolute atomic E-state index is 0.889. The summed E-state index contributed by atoms with van der Waals surface area (Å²) in [5.41, 5.74) is 5.33. The third-order valence-electron chi connectivity index (χ3n) is 3.83. The van der Waals surface area contributed by atoms with Crippen LogP contribution in [0.4, 0.5) is 0 Å². The van der Waals surface area contributed by atoms with Crippen molar-refractivity contribution in [3.8, 4) is 11.3 Å². The standard InChI is InChI=1S/C18H16N4S/c1-2-10-19-15(4-1)5-3-6-16-7-8-18-20-12-17(22(18)21-16)14-9-11-23-13-14/h1-2,4,7-13H,3,5-6H2. The summed E-state index contributed by atoms with van der Waals surface area (Å²) < 4.78 is 1.94. The molecule has 4 rings (SSSR count). The maximum absolute atomic E-state index is 4.76. The molecule has 5 heteroatoms. The monoisotopic (exact) mass is 320 g/mol. The molecule has 4 heterocycles. The number of thiophene rings is 1. The molecule has 0 atom stereocenters. The Kier molecular flexibility index (Phi) is 3.86. The molecule has 0 aromatic carbocycles. The first-order chi connectivity index (χ1) is 11.4. The summed E-state index contributed by atoms with van der Waals surface area (Å²) in [6, 6.07) is 12.3. The predicted octanol–water partition coefficient (Wildman–Crippen LogP) is 4.03. The molecule has 0 bridgehead atoms. The molecule has 0 aliphatic carbocycles. The molecule has 23 heavy (non-hydrogen) atoms. The Morgan fingerprint density at radius 1 is 0.957 bits per heavy atom. The second-order valence-electron chi connectivity index (χ2n) is 5.42. The summed E-state index contributed by atoms with van der Waals surface area (Å²) in [6.45, 7) is 0. The van der Waals surface area contributed by atoms with E-state index in [9.17, 15) is 0 Å². The molecule has 0 saturated heterocycles. The van der Waals surface area contributed by atoms with Crippen LogP contribution in [0.2, 0.25) is 0 Å². The van der Waals surface area contributed by atoms with E-state index in [0.29, 0.717) is 0 Å². The van der Waals surface area contributed by atoms with E-state index in [2.05, 4.69) is 38.9 Å². The van der Waals surface area contributed by atoms with Crippen LogP contribution in [0.3, 0.4) is 0 Å². The van der Waals surface area contributed by atoms with Crippen LogP contribution in [0, 0.1) is 0 Å². The van der Waals surface area contributed by atoms with Gasteiger partial charge in [0.15, 0.2) is 5.65 Å². The number of hydrogen-bond donors (Lipinski definition) is 0. The average Bonchev–Trinajstić information content (AvgIpc) is 3.24. The smallest absolute Gasteiger partial charge is 0.154 e. The van der Waals surface area contributed by atoms with Crippen molar-refractivity contribution in [2.24, 2.45) is 0 Å². The fraction of sp³-hybridized carbons (Fsp3) is 0.167. The molecule has 0 saturated carbocycles. The summed E-state index contributed by atoms with van der Waals surface area (Å²) in [6.07, 6.45) is 6.69. The largest absolute Gasteiger partial charge is 0.261 e. The van der Waals surface area contributed by atoms with Gasteiger partial charge in [-0.25, -0.2) is 9.50 Å². The molecule has 4 aromatic heterocycles. The lowest BCUT2D eigenvalue weighted by Crippen LogP contribution is -2.00. The van der Waals surface area contributed by atoms with Crippen molar-refractivity contribution in [1.29, 1.82) is 0 Å². The fourth-order valence-electron chi connectivity index (χ4n) is 2.65. The SMILES string of the molecule is c1ccc(CCCc2ccc3ncc(-c4ccsc4)n3n2)nc1. The third-order valence-corrected chi connectivity index (χ3v) is 4.51. The van der Waals surface area contributed by atoms with E-state index in [-0.39, 0.29) is 0 Å². The van der Waals surface area contributed by atoms with Gasteiger partial charge in [0.2, 0.25) is 0 Å². The number of rotatable bonds is 5. The van der Waals surface area contributed by atoms with Crippen molar-refractivity contribution in [3.05, 3.63) is 70.9 Å². The first-order valence-corrected chi connectivity index (χ1v) is 8.60. The number of aromatic nitrogens is 4. The van der Waals surface area contributed by atoms with Crippen LogP contribution in [-0.4, -0.2) is 19.6 Å². The molecule has 114 valence electrons. The second kappa shape index (κ2) is 6.30. The number of imidazole rings is 1. The van der Waals surface area contributed by atoms with Gasteiger partial charge in [-0.05, 0) is 55.0 Å². The Balaban J connectivity index is 1.53. The van der Waals surface area contributed by atoms with Crippen LogP contribution in [0.1, 0.15) is 17.8 Å². The molecule has 0 aliphatic heterocycles. The molecule has 0 radical (unpaired) electrons. The van der Waals surface area contributed by atoms with Crippen molar-refractivity contribution in [2.45, 2.75) is 19.3 Å². The molecular weight excluding hydrogens is 304 g/mol. The van der Waals surface area contributed by atoms with Crippen molar-refractivity contribution in [2.75, 3.05) is 0 Å². The quantitative estimate of drug-likeness (QED) is 0.557. The minimum Gasteiger partial charge on any atom is -0.261 e. The third kappa shape index (κ3) is 3.00. The Bertz CT molecular complexity index is 897. The van der Waals surface area contributed by atoms with E-state index in [4.69, 9.17) is 5.10 Å². The molecule has 0 fully saturated rings. The molecule has 0 spiro atoms. The number of hydrogen-bond acceptors (Lipinski definition) is 4. The Morgan fingerprint density at radius 2 is 1.91 bits per heavy atom. The number of nitrogens with zero attached hydrogens (tertiary/aromatic N) is 4. The zero-order valence-electron chi connectivity index (χ0n) is 12.6. The van der Waals surface area contributed by atoms with Gasteiger partial charge in [0.1, 0.15) is 0 Å². The molecule has 0 aliphatic rings. The van der Waals surface area contributed by atoms with Crippen molar-refractivity contribution in [3.63, 3.8) is 0 Å². The Morgan fingerprint density at radius 3 is 2.74 bits per heavy atom. The van der Waals surface area contributed by atoms with E-state index >= 15 is 0 Å². The van der Waals surface area contributed by atoms with Gasteiger partial charge >= 0.3 is 0 Å². The normalized spacial score (nSPS) is 11.1. The molecule has 0 N–H and O–H groups in total. The molecule has 0 amide bonds. The van der Waals surface area contributed by atoms with Crippen molar-refractivity contribution >= 4 is 17.0 Å². The van der Waals surface area contributed by atoms with Gasteiger partial charge in [-0.15, -0.1) is 0 Å². The maximum atomic E-state index is 4.76. The fourth-order valence-corrected chi connectivity index (χ4v) is 3.30. The predicted molar refractivity (Wildman–Crippen MR) is 92.6 cm³/mol. The molecular formula is C18H16N4S. The van der Waals surface area contributed by atoms with Gasteiger partial charge in [0.05, 0.1) is 17.6 Å². The summed E-state index contributed by atoms with van der Waals surface area (Å²) in [7, 11) is 0. The highest BCUT2D eigenvalue weighted by Gasteiger charge is 2.08. The van der Waals surface area contributed by atoms with E-state index in [0.717, 1.165) is 42.0 Å². The van der Waals surface area contributed by atoms with Crippen LogP contribution in [0.5, 0.6) is 0 Å². The highest BCUT2D eigenvalue weighted by molar-refractivity contribution is 7.08.